The number of carbonyl (C=O) groups is 1. The lowest BCUT2D eigenvalue weighted by Gasteiger charge is -2.51. The average Bonchev–Trinajstić information content (AvgIpc) is 3.02. The van der Waals surface area contributed by atoms with Gasteiger partial charge in [0.2, 0.25) is 0 Å². The maximum Gasteiger partial charge on any atom is 0.273 e. The van der Waals surface area contributed by atoms with E-state index in [1.165, 1.54) is 0 Å². The number of unbranched alkanes of at least 4 members (excludes halogenated alkanes) is 1. The minimum Gasteiger partial charge on any atom is -0.378 e. The molecule has 1 aliphatic carbocycles. The van der Waals surface area contributed by atoms with Crippen LogP contribution in [0.15, 0.2) is 0 Å². The minimum atomic E-state index is -0.118. The number of aromatic nitrogens is 3. The van der Waals surface area contributed by atoms with Crippen molar-refractivity contribution < 1.29 is 9.53 Å². The van der Waals surface area contributed by atoms with Crippen LogP contribution in [0.3, 0.4) is 0 Å². The number of carbonyl (C=O) groups excluding carboxylic acids is 1. The molecule has 7 nitrogen and oxygen atoms in total. The first-order valence-electron chi connectivity index (χ1n) is 10.00. The molecule has 146 valence electrons. The first-order chi connectivity index (χ1) is 12.4. The molecule has 1 saturated heterocycles. The van der Waals surface area contributed by atoms with Gasteiger partial charge < -0.3 is 15.4 Å². The minimum absolute atomic E-state index is 0.0532. The highest BCUT2D eigenvalue weighted by Crippen LogP contribution is 2.43. The van der Waals surface area contributed by atoms with Gasteiger partial charge in [-0.05, 0) is 45.7 Å². The van der Waals surface area contributed by atoms with Crippen molar-refractivity contribution in [1.29, 1.82) is 0 Å². The molecular formula is C19H33N5O2. The van der Waals surface area contributed by atoms with Gasteiger partial charge in [-0.25, -0.2) is 4.68 Å². The Kier molecular flexibility index (Phi) is 5.97. The first-order valence-corrected chi connectivity index (χ1v) is 10.00. The van der Waals surface area contributed by atoms with E-state index in [4.69, 9.17) is 4.74 Å². The fraction of sp³-hybridized carbons (Fsp3) is 0.842. The lowest BCUT2D eigenvalue weighted by Crippen LogP contribution is -2.62. The smallest absolute Gasteiger partial charge is 0.273 e. The molecule has 0 radical (unpaired) electrons. The van der Waals surface area contributed by atoms with Crippen LogP contribution in [0.2, 0.25) is 0 Å². The summed E-state index contributed by atoms with van der Waals surface area (Å²) in [4.78, 5) is 12.7. The molecule has 1 aromatic heterocycles. The van der Waals surface area contributed by atoms with E-state index in [2.05, 4.69) is 41.7 Å². The molecule has 1 aliphatic heterocycles. The molecule has 1 saturated carbocycles. The Morgan fingerprint density at radius 2 is 2.12 bits per heavy atom. The van der Waals surface area contributed by atoms with E-state index in [0.717, 1.165) is 57.5 Å². The highest BCUT2D eigenvalue weighted by Gasteiger charge is 2.49. The van der Waals surface area contributed by atoms with Gasteiger partial charge in [0.25, 0.3) is 5.91 Å². The zero-order valence-electron chi connectivity index (χ0n) is 16.5. The normalized spacial score (nSPS) is 25.7. The van der Waals surface area contributed by atoms with Crippen LogP contribution in [-0.4, -0.2) is 52.7 Å². The molecule has 2 atom stereocenters. The number of amides is 1. The van der Waals surface area contributed by atoms with Gasteiger partial charge in [0.15, 0.2) is 5.69 Å². The van der Waals surface area contributed by atoms with Crippen LogP contribution >= 0.6 is 0 Å². The maximum atomic E-state index is 12.7. The summed E-state index contributed by atoms with van der Waals surface area (Å²) in [7, 11) is 0. The van der Waals surface area contributed by atoms with Crippen LogP contribution in [0.1, 0.15) is 75.1 Å². The molecule has 2 fully saturated rings. The fourth-order valence-electron chi connectivity index (χ4n) is 3.96. The molecule has 2 N–H and O–H groups in total. The fourth-order valence-corrected chi connectivity index (χ4v) is 3.96. The third-order valence-electron chi connectivity index (χ3n) is 6.10. The summed E-state index contributed by atoms with van der Waals surface area (Å²) in [5.74, 6) is -0.118. The summed E-state index contributed by atoms with van der Waals surface area (Å²) in [6.07, 6.45) is 5.35. The summed E-state index contributed by atoms with van der Waals surface area (Å²) in [5.41, 5.74) is 1.26. The summed E-state index contributed by atoms with van der Waals surface area (Å²) in [6.45, 7) is 11.2. The van der Waals surface area contributed by atoms with Crippen molar-refractivity contribution in [3.05, 3.63) is 11.4 Å². The third kappa shape index (κ3) is 3.78. The van der Waals surface area contributed by atoms with Crippen LogP contribution in [0.25, 0.3) is 0 Å². The van der Waals surface area contributed by atoms with Gasteiger partial charge in [0, 0.05) is 18.1 Å². The Morgan fingerprint density at radius 1 is 1.38 bits per heavy atom. The predicted molar refractivity (Wildman–Crippen MR) is 100 cm³/mol. The van der Waals surface area contributed by atoms with Crippen LogP contribution in [0, 0.1) is 12.3 Å². The summed E-state index contributed by atoms with van der Waals surface area (Å²) >= 11 is 0. The van der Waals surface area contributed by atoms with Crippen molar-refractivity contribution in [3.63, 3.8) is 0 Å². The number of nitrogens with zero attached hydrogens (tertiary/aromatic N) is 3. The van der Waals surface area contributed by atoms with Gasteiger partial charge in [-0.2, -0.15) is 0 Å². The molecule has 2 heterocycles. The predicted octanol–water partition coefficient (Wildman–Crippen LogP) is 2.22. The molecule has 26 heavy (non-hydrogen) atoms. The summed E-state index contributed by atoms with van der Waals surface area (Å²) < 4.78 is 7.90. The molecule has 0 spiro atoms. The van der Waals surface area contributed by atoms with Gasteiger partial charge >= 0.3 is 0 Å². The molecule has 3 rings (SSSR count). The van der Waals surface area contributed by atoms with Crippen LogP contribution < -0.4 is 10.6 Å². The van der Waals surface area contributed by atoms with E-state index in [0.29, 0.717) is 11.7 Å². The van der Waals surface area contributed by atoms with Crippen molar-refractivity contribution >= 4 is 5.91 Å². The van der Waals surface area contributed by atoms with Crippen LogP contribution in [0.4, 0.5) is 0 Å². The number of hydrogen-bond acceptors (Lipinski definition) is 5. The van der Waals surface area contributed by atoms with Crippen molar-refractivity contribution in [2.24, 2.45) is 5.41 Å². The SMILES string of the molecule is CCCCO[C@H]1C[C@H](NC(=O)c2nnn(C3CCNCC3)c2C)C1(C)C. The first kappa shape index (κ1) is 19.3. The van der Waals surface area contributed by atoms with Crippen LogP contribution in [0.5, 0.6) is 0 Å². The van der Waals surface area contributed by atoms with Gasteiger partial charge in [0.1, 0.15) is 0 Å². The van der Waals surface area contributed by atoms with Crippen LogP contribution in [-0.2, 0) is 4.74 Å². The second-order valence-electron chi connectivity index (χ2n) is 8.25. The molecule has 0 unspecified atom stereocenters. The molecule has 0 bridgehead atoms. The largest absolute Gasteiger partial charge is 0.378 e. The number of piperidine rings is 1. The molecular weight excluding hydrogens is 330 g/mol. The van der Waals surface area contributed by atoms with Gasteiger partial charge in [0.05, 0.1) is 17.8 Å². The molecule has 0 aromatic carbocycles. The van der Waals surface area contributed by atoms with Crippen molar-refractivity contribution in [2.45, 2.75) is 78.0 Å². The number of rotatable bonds is 7. The van der Waals surface area contributed by atoms with Gasteiger partial charge in [-0.15, -0.1) is 5.10 Å². The Hall–Kier alpha value is -1.47. The van der Waals surface area contributed by atoms with E-state index in [9.17, 15) is 4.79 Å². The number of hydrogen-bond donors (Lipinski definition) is 2. The second-order valence-corrected chi connectivity index (χ2v) is 8.25. The average molecular weight is 364 g/mol. The number of ether oxygens (including phenoxy) is 1. The van der Waals surface area contributed by atoms with E-state index in [1.807, 2.05) is 11.6 Å². The van der Waals surface area contributed by atoms with E-state index < -0.39 is 0 Å². The van der Waals surface area contributed by atoms with Crippen molar-refractivity contribution in [1.82, 2.24) is 25.6 Å². The Bertz CT molecular complexity index is 621. The van der Waals surface area contributed by atoms with E-state index in [1.54, 1.807) is 0 Å². The molecule has 1 aromatic rings. The van der Waals surface area contributed by atoms with Gasteiger partial charge in [-0.3, -0.25) is 4.79 Å². The third-order valence-corrected chi connectivity index (χ3v) is 6.10. The topological polar surface area (TPSA) is 81.1 Å². The zero-order valence-corrected chi connectivity index (χ0v) is 16.5. The highest BCUT2D eigenvalue weighted by molar-refractivity contribution is 5.93. The highest BCUT2D eigenvalue weighted by atomic mass is 16.5. The second kappa shape index (κ2) is 8.05. The molecule has 1 amide bonds. The zero-order chi connectivity index (χ0) is 18.7. The summed E-state index contributed by atoms with van der Waals surface area (Å²) in [5, 5.41) is 15.0. The maximum absolute atomic E-state index is 12.7. The molecule has 2 aliphatic rings. The van der Waals surface area contributed by atoms with E-state index >= 15 is 0 Å². The van der Waals surface area contributed by atoms with Crippen molar-refractivity contribution in [3.8, 4) is 0 Å². The quantitative estimate of drug-likeness (QED) is 0.726. The van der Waals surface area contributed by atoms with Crippen molar-refractivity contribution in [2.75, 3.05) is 19.7 Å². The lowest BCUT2D eigenvalue weighted by atomic mass is 9.64. The Morgan fingerprint density at radius 3 is 2.77 bits per heavy atom. The van der Waals surface area contributed by atoms with Gasteiger partial charge in [-0.1, -0.05) is 32.4 Å². The van der Waals surface area contributed by atoms with E-state index in [-0.39, 0.29) is 23.5 Å². The molecule has 7 heteroatoms. The Balaban J connectivity index is 1.58. The Labute approximate surface area is 156 Å². The standard InChI is InChI=1S/C19H33N5O2/c1-5-6-11-26-16-12-15(19(16,3)4)21-18(25)17-13(2)24(23-22-17)14-7-9-20-10-8-14/h14-16,20H,5-12H2,1-4H3,(H,21,25)/t15-,16-/m0/s1. The lowest BCUT2D eigenvalue weighted by molar-refractivity contribution is -0.115. The summed E-state index contributed by atoms with van der Waals surface area (Å²) in [6, 6.07) is 0.451. The monoisotopic (exact) mass is 363 g/mol. The number of nitrogens with one attached hydrogen (secondary N) is 2.